The fourth-order valence-corrected chi connectivity index (χ4v) is 3.71. The minimum absolute atomic E-state index is 0.0552. The number of aromatic amines is 1. The summed E-state index contributed by atoms with van der Waals surface area (Å²) in [6.07, 6.45) is 5.86. The lowest BCUT2D eigenvalue weighted by Gasteiger charge is -2.10. The molecular formula is C20H19N3O3S. The van der Waals surface area contributed by atoms with Gasteiger partial charge in [0, 0.05) is 10.9 Å². The number of nitrogens with zero attached hydrogens (tertiary/aromatic N) is 1. The summed E-state index contributed by atoms with van der Waals surface area (Å²) in [6.45, 7) is 1.56. The third-order valence-electron chi connectivity index (χ3n) is 4.45. The van der Waals surface area contributed by atoms with Crippen LogP contribution in [0.1, 0.15) is 50.4 Å². The number of Topliss-reactive ketones (excluding diaryl/α,β-unsaturated/α-hetero) is 1. The first kappa shape index (κ1) is 17.5. The third-order valence-corrected chi connectivity index (χ3v) is 5.60. The predicted octanol–water partition coefficient (Wildman–Crippen LogP) is 3.90. The Morgan fingerprint density at radius 1 is 1.26 bits per heavy atom. The topological polar surface area (TPSA) is 84.1 Å². The molecule has 1 saturated carbocycles. The Balaban J connectivity index is 1.70. The van der Waals surface area contributed by atoms with Gasteiger partial charge in [0.2, 0.25) is 0 Å². The lowest BCUT2D eigenvalue weighted by molar-refractivity contribution is 0.0947. The number of rotatable bonds is 6. The highest BCUT2D eigenvalue weighted by Gasteiger charge is 2.26. The van der Waals surface area contributed by atoms with Crippen molar-refractivity contribution in [3.05, 3.63) is 45.3 Å². The first-order valence-corrected chi connectivity index (χ1v) is 9.53. The van der Waals surface area contributed by atoms with Crippen molar-refractivity contribution in [2.24, 2.45) is 0 Å². The molecule has 0 unspecified atom stereocenters. The van der Waals surface area contributed by atoms with Gasteiger partial charge in [-0.3, -0.25) is 14.7 Å². The number of fused-ring (bicyclic) bond motifs is 1. The summed E-state index contributed by atoms with van der Waals surface area (Å²) in [5, 5.41) is 11.1. The monoisotopic (exact) mass is 381 g/mol. The van der Waals surface area contributed by atoms with Crippen molar-refractivity contribution < 1.29 is 14.3 Å². The Morgan fingerprint density at radius 3 is 2.74 bits per heavy atom. The Labute approximate surface area is 160 Å². The number of hydrogen-bond donors (Lipinski definition) is 2. The summed E-state index contributed by atoms with van der Waals surface area (Å²) in [7, 11) is 1.56. The summed E-state index contributed by atoms with van der Waals surface area (Å²) < 4.78 is 5.57. The van der Waals surface area contributed by atoms with E-state index in [0.717, 1.165) is 39.2 Å². The van der Waals surface area contributed by atoms with Crippen LogP contribution in [0.4, 0.5) is 0 Å². The van der Waals surface area contributed by atoms with Crippen molar-refractivity contribution in [1.82, 2.24) is 15.5 Å². The fourth-order valence-electron chi connectivity index (χ4n) is 2.90. The number of carbonyl (C=O) groups excluding carboxylic acids is 2. The highest BCUT2D eigenvalue weighted by molar-refractivity contribution is 7.14. The summed E-state index contributed by atoms with van der Waals surface area (Å²) in [5.41, 5.74) is 1.98. The predicted molar refractivity (Wildman–Crippen MR) is 106 cm³/mol. The number of benzene rings is 1. The molecule has 0 spiro atoms. The zero-order valence-electron chi connectivity index (χ0n) is 15.0. The summed E-state index contributed by atoms with van der Waals surface area (Å²) in [5.74, 6) is 0.436. The van der Waals surface area contributed by atoms with Gasteiger partial charge in [0.05, 0.1) is 34.1 Å². The SMILES string of the molecule is COc1c(C(=O)NC2CC2)ccc2n[nH]c(C=Cc3ccc(C(C)=O)s3)c12. The quantitative estimate of drug-likeness (QED) is 0.634. The van der Waals surface area contributed by atoms with Crippen LogP contribution in [0.2, 0.25) is 0 Å². The molecule has 3 aromatic rings. The van der Waals surface area contributed by atoms with Crippen LogP contribution in [0, 0.1) is 0 Å². The van der Waals surface area contributed by atoms with Gasteiger partial charge in [0.1, 0.15) is 5.75 Å². The van der Waals surface area contributed by atoms with Crippen molar-refractivity contribution in [1.29, 1.82) is 0 Å². The number of amides is 1. The van der Waals surface area contributed by atoms with Crippen molar-refractivity contribution >= 4 is 46.1 Å². The molecular weight excluding hydrogens is 362 g/mol. The van der Waals surface area contributed by atoms with E-state index in [1.807, 2.05) is 30.4 Å². The van der Waals surface area contributed by atoms with Gasteiger partial charge in [-0.25, -0.2) is 0 Å². The van der Waals surface area contributed by atoms with E-state index < -0.39 is 0 Å². The Hall–Kier alpha value is -2.93. The van der Waals surface area contributed by atoms with E-state index in [1.54, 1.807) is 20.1 Å². The number of carbonyl (C=O) groups is 2. The molecule has 2 aromatic heterocycles. The highest BCUT2D eigenvalue weighted by Crippen LogP contribution is 2.33. The molecule has 4 rings (SSSR count). The number of ketones is 1. The van der Waals surface area contributed by atoms with Crippen molar-refractivity contribution in [3.8, 4) is 5.75 Å². The first-order chi connectivity index (χ1) is 13.1. The molecule has 27 heavy (non-hydrogen) atoms. The van der Waals surface area contributed by atoms with E-state index in [4.69, 9.17) is 4.74 Å². The smallest absolute Gasteiger partial charge is 0.255 e. The lowest BCUT2D eigenvalue weighted by Crippen LogP contribution is -2.25. The molecule has 1 aliphatic rings. The van der Waals surface area contributed by atoms with Crippen LogP contribution < -0.4 is 10.1 Å². The van der Waals surface area contributed by atoms with Gasteiger partial charge in [-0.15, -0.1) is 11.3 Å². The molecule has 0 radical (unpaired) electrons. The zero-order valence-corrected chi connectivity index (χ0v) is 15.9. The van der Waals surface area contributed by atoms with Gasteiger partial charge >= 0.3 is 0 Å². The maximum Gasteiger partial charge on any atom is 0.255 e. The molecule has 0 bridgehead atoms. The van der Waals surface area contributed by atoms with Crippen LogP contribution in [0.3, 0.4) is 0 Å². The van der Waals surface area contributed by atoms with Gasteiger partial charge in [-0.1, -0.05) is 0 Å². The maximum absolute atomic E-state index is 12.5. The molecule has 138 valence electrons. The largest absolute Gasteiger partial charge is 0.495 e. The van der Waals surface area contributed by atoms with Crippen molar-refractivity contribution in [3.63, 3.8) is 0 Å². The number of ether oxygens (including phenoxy) is 1. The zero-order chi connectivity index (χ0) is 19.0. The number of H-pyrrole nitrogens is 1. The Morgan fingerprint density at radius 2 is 2.07 bits per heavy atom. The van der Waals surface area contributed by atoms with Crippen molar-refractivity contribution in [2.75, 3.05) is 7.11 Å². The minimum atomic E-state index is -0.128. The van der Waals surface area contributed by atoms with Gasteiger partial charge in [0.15, 0.2) is 5.78 Å². The van der Waals surface area contributed by atoms with Crippen LogP contribution >= 0.6 is 11.3 Å². The standard InChI is InChI=1S/C20H19N3O3S/c1-11(24)17-10-6-13(27-17)5-8-15-18-16(23-22-15)9-7-14(19(18)26-2)20(25)21-12-3-4-12/h5-10,12H,3-4H2,1-2H3,(H,21,25)(H,22,23). The van der Waals surface area contributed by atoms with Crippen molar-refractivity contribution in [2.45, 2.75) is 25.8 Å². The van der Waals surface area contributed by atoms with Crippen LogP contribution in [-0.4, -0.2) is 35.0 Å². The van der Waals surface area contributed by atoms with E-state index in [2.05, 4.69) is 15.5 Å². The molecule has 1 fully saturated rings. The number of nitrogens with one attached hydrogen (secondary N) is 2. The van der Waals surface area contributed by atoms with Gasteiger partial charge in [0.25, 0.3) is 5.91 Å². The second kappa shape index (κ2) is 7.00. The molecule has 1 amide bonds. The van der Waals surface area contributed by atoms with E-state index in [-0.39, 0.29) is 17.7 Å². The number of hydrogen-bond acceptors (Lipinski definition) is 5. The molecule has 7 heteroatoms. The molecule has 2 heterocycles. The summed E-state index contributed by atoms with van der Waals surface area (Å²) in [6, 6.07) is 7.55. The number of thiophene rings is 1. The fraction of sp³-hybridized carbons (Fsp3) is 0.250. The molecule has 0 aliphatic heterocycles. The molecule has 1 aromatic carbocycles. The normalized spacial score (nSPS) is 14.0. The van der Waals surface area contributed by atoms with Crippen LogP contribution in [0.15, 0.2) is 24.3 Å². The van der Waals surface area contributed by atoms with Crippen LogP contribution in [0.5, 0.6) is 5.75 Å². The second-order valence-electron chi connectivity index (χ2n) is 6.52. The van der Waals surface area contributed by atoms with Gasteiger partial charge in [-0.05, 0) is 56.2 Å². The van der Waals surface area contributed by atoms with E-state index in [1.165, 1.54) is 11.3 Å². The Kier molecular flexibility index (Phi) is 4.53. The van der Waals surface area contributed by atoms with E-state index in [9.17, 15) is 9.59 Å². The van der Waals surface area contributed by atoms with Crippen LogP contribution in [0.25, 0.3) is 23.1 Å². The van der Waals surface area contributed by atoms with E-state index in [0.29, 0.717) is 11.3 Å². The summed E-state index contributed by atoms with van der Waals surface area (Å²) >= 11 is 1.43. The highest BCUT2D eigenvalue weighted by atomic mass is 32.1. The summed E-state index contributed by atoms with van der Waals surface area (Å²) in [4.78, 5) is 25.7. The van der Waals surface area contributed by atoms with Gasteiger partial charge < -0.3 is 10.1 Å². The van der Waals surface area contributed by atoms with Crippen LogP contribution in [-0.2, 0) is 0 Å². The van der Waals surface area contributed by atoms with E-state index >= 15 is 0 Å². The molecule has 0 saturated heterocycles. The van der Waals surface area contributed by atoms with Gasteiger partial charge in [-0.2, -0.15) is 5.10 Å². The molecule has 6 nitrogen and oxygen atoms in total. The average Bonchev–Trinajstić information content (AvgIpc) is 3.18. The molecule has 0 atom stereocenters. The first-order valence-electron chi connectivity index (χ1n) is 8.71. The number of methoxy groups -OCH3 is 1. The molecule has 2 N–H and O–H groups in total. The average molecular weight is 381 g/mol. The third kappa shape index (κ3) is 3.50. The minimum Gasteiger partial charge on any atom is -0.495 e. The Bertz CT molecular complexity index is 1060. The number of aromatic nitrogens is 2. The second-order valence-corrected chi connectivity index (χ2v) is 7.63. The maximum atomic E-state index is 12.5. The lowest BCUT2D eigenvalue weighted by atomic mass is 10.1. The molecule has 1 aliphatic carbocycles.